The molecule has 7 nitrogen and oxygen atoms in total. The maximum absolute atomic E-state index is 11.5. The second-order valence-corrected chi connectivity index (χ2v) is 5.06. The van der Waals surface area contributed by atoms with E-state index in [1.165, 1.54) is 0 Å². The molecule has 0 saturated carbocycles. The third-order valence-corrected chi connectivity index (χ3v) is 1.94. The zero-order valence-electron chi connectivity index (χ0n) is 11.9. The third-order valence-electron chi connectivity index (χ3n) is 1.94. The number of carboxylic acids is 1. The summed E-state index contributed by atoms with van der Waals surface area (Å²) in [5, 5.41) is 13.8. The van der Waals surface area contributed by atoms with Gasteiger partial charge in [0, 0.05) is 0 Å². The van der Waals surface area contributed by atoms with E-state index in [2.05, 4.69) is 16.6 Å². The predicted molar refractivity (Wildman–Crippen MR) is 71.7 cm³/mol. The summed E-state index contributed by atoms with van der Waals surface area (Å²) < 4.78 is 5.00. The van der Waals surface area contributed by atoms with Crippen LogP contribution >= 0.6 is 0 Å². The molecule has 0 rings (SSSR count). The van der Waals surface area contributed by atoms with E-state index in [4.69, 9.17) is 16.3 Å². The summed E-state index contributed by atoms with van der Waals surface area (Å²) in [6.07, 6.45) is 4.55. The van der Waals surface area contributed by atoms with Gasteiger partial charge in [-0.25, -0.2) is 4.79 Å². The van der Waals surface area contributed by atoms with Crippen LogP contribution in [0.5, 0.6) is 0 Å². The first-order valence-corrected chi connectivity index (χ1v) is 6.04. The van der Waals surface area contributed by atoms with Crippen LogP contribution in [0, 0.1) is 12.3 Å². The monoisotopic (exact) mass is 284 g/mol. The number of nitrogens with one attached hydrogen (secondary N) is 2. The van der Waals surface area contributed by atoms with Gasteiger partial charge in [-0.05, 0) is 20.8 Å². The molecule has 1 atom stereocenters. The standard InChI is InChI=1S/C13H20N2O5/c1-5-6-14-8-10(16)15-9(12(18)19)7-11(17)20-13(2,3)4/h1,9,14H,6-8H2,2-4H3,(H,15,16)(H,18,19)/t9-/m0/s1. The molecule has 0 aromatic carbocycles. The molecule has 0 aliphatic rings. The van der Waals surface area contributed by atoms with Crippen LogP contribution in [0.1, 0.15) is 27.2 Å². The summed E-state index contributed by atoms with van der Waals surface area (Å²) in [5.41, 5.74) is -0.710. The highest BCUT2D eigenvalue weighted by Crippen LogP contribution is 2.09. The number of ether oxygens (including phenoxy) is 1. The molecule has 20 heavy (non-hydrogen) atoms. The van der Waals surface area contributed by atoms with Crippen LogP contribution in [0.15, 0.2) is 0 Å². The van der Waals surface area contributed by atoms with Crippen LogP contribution in [0.3, 0.4) is 0 Å². The minimum atomic E-state index is -1.33. The largest absolute Gasteiger partial charge is 0.480 e. The van der Waals surface area contributed by atoms with Gasteiger partial charge in [0.05, 0.1) is 19.5 Å². The summed E-state index contributed by atoms with van der Waals surface area (Å²) in [6.45, 7) is 5.08. The lowest BCUT2D eigenvalue weighted by Crippen LogP contribution is -2.46. The summed E-state index contributed by atoms with van der Waals surface area (Å²) in [7, 11) is 0. The molecule has 0 aliphatic heterocycles. The molecular weight excluding hydrogens is 264 g/mol. The normalized spacial score (nSPS) is 12.1. The highest BCUT2D eigenvalue weighted by Gasteiger charge is 2.26. The van der Waals surface area contributed by atoms with Crippen LogP contribution in [0.25, 0.3) is 0 Å². The van der Waals surface area contributed by atoms with E-state index in [1.807, 2.05) is 0 Å². The van der Waals surface area contributed by atoms with Crippen molar-refractivity contribution in [2.75, 3.05) is 13.1 Å². The lowest BCUT2D eigenvalue weighted by Gasteiger charge is -2.21. The Labute approximate surface area is 118 Å². The Balaban J connectivity index is 4.38. The molecule has 3 N–H and O–H groups in total. The molecule has 0 bridgehead atoms. The van der Waals surface area contributed by atoms with Crippen LogP contribution in [-0.2, 0) is 19.1 Å². The second-order valence-electron chi connectivity index (χ2n) is 5.06. The van der Waals surface area contributed by atoms with Crippen molar-refractivity contribution in [2.24, 2.45) is 0 Å². The molecule has 0 aromatic heterocycles. The Bertz CT molecular complexity index is 406. The lowest BCUT2D eigenvalue weighted by atomic mass is 10.1. The Hall–Kier alpha value is -2.07. The number of carboxylic acid groups (broad SMARTS) is 1. The number of hydrogen-bond donors (Lipinski definition) is 3. The molecule has 112 valence electrons. The summed E-state index contributed by atoms with van der Waals surface area (Å²) >= 11 is 0. The van der Waals surface area contributed by atoms with E-state index in [-0.39, 0.29) is 13.1 Å². The van der Waals surface area contributed by atoms with Crippen molar-refractivity contribution in [1.82, 2.24) is 10.6 Å². The van der Waals surface area contributed by atoms with Gasteiger partial charge < -0.3 is 15.2 Å². The molecule has 7 heteroatoms. The highest BCUT2D eigenvalue weighted by atomic mass is 16.6. The zero-order valence-corrected chi connectivity index (χ0v) is 11.9. The van der Waals surface area contributed by atoms with Crippen LogP contribution in [0.2, 0.25) is 0 Å². The van der Waals surface area contributed by atoms with Gasteiger partial charge in [-0.1, -0.05) is 5.92 Å². The molecule has 0 saturated heterocycles. The summed E-state index contributed by atoms with van der Waals surface area (Å²) in [4.78, 5) is 34.0. The average Bonchev–Trinajstić information content (AvgIpc) is 2.25. The minimum Gasteiger partial charge on any atom is -0.480 e. The van der Waals surface area contributed by atoms with Crippen molar-refractivity contribution < 1.29 is 24.2 Å². The van der Waals surface area contributed by atoms with Gasteiger partial charge in [0.2, 0.25) is 5.91 Å². The number of esters is 1. The topological polar surface area (TPSA) is 105 Å². The summed E-state index contributed by atoms with van der Waals surface area (Å²) in [6, 6.07) is -1.33. The highest BCUT2D eigenvalue weighted by molar-refractivity contribution is 5.87. The molecule has 0 unspecified atom stereocenters. The lowest BCUT2D eigenvalue weighted by molar-refractivity contribution is -0.158. The Kier molecular flexibility index (Phi) is 7.33. The summed E-state index contributed by atoms with van der Waals surface area (Å²) in [5.74, 6) is -0.281. The van der Waals surface area contributed by atoms with Crippen LogP contribution < -0.4 is 10.6 Å². The van der Waals surface area contributed by atoms with Gasteiger partial charge in [0.25, 0.3) is 0 Å². The number of carbonyl (C=O) groups is 3. The number of rotatable bonds is 7. The van der Waals surface area contributed by atoms with Crippen molar-refractivity contribution >= 4 is 17.8 Å². The number of amides is 1. The van der Waals surface area contributed by atoms with Crippen molar-refractivity contribution in [3.05, 3.63) is 0 Å². The number of carbonyl (C=O) groups excluding carboxylic acids is 2. The first-order valence-electron chi connectivity index (χ1n) is 6.04. The molecule has 1 amide bonds. The number of terminal acetylenes is 1. The van der Waals surface area contributed by atoms with E-state index >= 15 is 0 Å². The molecule has 0 spiro atoms. The van der Waals surface area contributed by atoms with Gasteiger partial charge in [-0.3, -0.25) is 14.9 Å². The van der Waals surface area contributed by atoms with Crippen molar-refractivity contribution in [2.45, 2.75) is 38.8 Å². The Morgan fingerprint density at radius 3 is 2.40 bits per heavy atom. The van der Waals surface area contributed by atoms with Gasteiger partial charge in [-0.2, -0.15) is 0 Å². The fourth-order valence-corrected chi connectivity index (χ4v) is 1.24. The molecule has 0 aliphatic carbocycles. The van der Waals surface area contributed by atoms with E-state index in [0.29, 0.717) is 0 Å². The maximum Gasteiger partial charge on any atom is 0.326 e. The van der Waals surface area contributed by atoms with Gasteiger partial charge in [-0.15, -0.1) is 6.42 Å². The van der Waals surface area contributed by atoms with Crippen molar-refractivity contribution in [3.63, 3.8) is 0 Å². The molecule has 0 heterocycles. The van der Waals surface area contributed by atoms with Gasteiger partial charge in [0.15, 0.2) is 0 Å². The average molecular weight is 284 g/mol. The Morgan fingerprint density at radius 1 is 1.35 bits per heavy atom. The quantitative estimate of drug-likeness (QED) is 0.331. The molecule has 0 fully saturated rings. The molecular formula is C13H20N2O5. The minimum absolute atomic E-state index is 0.123. The first kappa shape index (κ1) is 17.9. The third kappa shape index (κ3) is 8.94. The predicted octanol–water partition coefficient (Wildman–Crippen LogP) is -0.490. The van der Waals surface area contributed by atoms with Crippen LogP contribution in [0.4, 0.5) is 0 Å². The van der Waals surface area contributed by atoms with E-state index in [9.17, 15) is 14.4 Å². The van der Waals surface area contributed by atoms with E-state index in [1.54, 1.807) is 20.8 Å². The fraction of sp³-hybridized carbons (Fsp3) is 0.615. The fourth-order valence-electron chi connectivity index (χ4n) is 1.24. The van der Waals surface area contributed by atoms with Gasteiger partial charge >= 0.3 is 11.9 Å². The van der Waals surface area contributed by atoms with Gasteiger partial charge in [0.1, 0.15) is 11.6 Å². The molecule has 0 radical (unpaired) electrons. The van der Waals surface area contributed by atoms with Crippen molar-refractivity contribution in [3.8, 4) is 12.3 Å². The van der Waals surface area contributed by atoms with E-state index < -0.39 is 35.9 Å². The van der Waals surface area contributed by atoms with E-state index in [0.717, 1.165) is 0 Å². The molecule has 0 aromatic rings. The number of hydrogen-bond acceptors (Lipinski definition) is 5. The first-order chi connectivity index (χ1) is 9.15. The van der Waals surface area contributed by atoms with Crippen LogP contribution in [-0.4, -0.2) is 47.7 Å². The Morgan fingerprint density at radius 2 is 1.95 bits per heavy atom. The zero-order chi connectivity index (χ0) is 15.8. The SMILES string of the molecule is C#CCNCC(=O)N[C@@H](CC(=O)OC(C)(C)C)C(=O)O. The number of aliphatic carboxylic acids is 1. The smallest absolute Gasteiger partial charge is 0.326 e. The van der Waals surface area contributed by atoms with Crippen molar-refractivity contribution in [1.29, 1.82) is 0 Å². The maximum atomic E-state index is 11.5. The second kappa shape index (κ2) is 8.17.